The third-order valence-corrected chi connectivity index (χ3v) is 4.32. The minimum atomic E-state index is -0.498. The van der Waals surface area contributed by atoms with Crippen LogP contribution in [0, 0.1) is 24.0 Å². The van der Waals surface area contributed by atoms with Crippen molar-refractivity contribution in [3.8, 4) is 34.3 Å². The van der Waals surface area contributed by atoms with Crippen molar-refractivity contribution in [2.75, 3.05) is 20.0 Å². The Kier molecular flexibility index (Phi) is 6.63. The van der Waals surface area contributed by atoms with E-state index in [-0.39, 0.29) is 11.4 Å². The number of nitrogens with one attached hydrogen (secondary N) is 2. The van der Waals surface area contributed by atoms with Gasteiger partial charge >= 0.3 is 5.69 Å². The molecule has 0 fully saturated rings. The number of para-hydroxylation sites is 2. The fraction of sp³-hybridized carbons (Fsp3) is 0.200. The number of aromatic nitrogens is 6. The molecule has 166 valence electrons. The van der Waals surface area contributed by atoms with Crippen LogP contribution >= 0.6 is 0 Å². The van der Waals surface area contributed by atoms with E-state index in [0.29, 0.717) is 34.5 Å². The summed E-state index contributed by atoms with van der Waals surface area (Å²) >= 11 is 0. The summed E-state index contributed by atoms with van der Waals surface area (Å²) in [6.07, 6.45) is 0. The van der Waals surface area contributed by atoms with Crippen molar-refractivity contribution in [2.24, 2.45) is 0 Å². The zero-order valence-corrected chi connectivity index (χ0v) is 17.9. The Labute approximate surface area is 183 Å². The number of nitrogens with zero attached hydrogens (tertiary/aromatic N) is 5. The van der Waals surface area contributed by atoms with Gasteiger partial charge < -0.3 is 15.2 Å². The number of aryl methyl sites for hydroxylation is 2. The minimum absolute atomic E-state index is 0.104. The Bertz CT molecular complexity index is 1230. The quantitative estimate of drug-likeness (QED) is 0.240. The molecular weight excluding hydrogens is 416 g/mol. The molecule has 0 amide bonds. The molecule has 0 aliphatic rings. The van der Waals surface area contributed by atoms with Crippen LogP contribution < -0.4 is 15.2 Å². The van der Waals surface area contributed by atoms with Crippen LogP contribution in [0.5, 0.6) is 11.5 Å². The first-order valence-corrected chi connectivity index (χ1v) is 9.38. The lowest BCUT2D eigenvalue weighted by molar-refractivity contribution is -0.385. The van der Waals surface area contributed by atoms with E-state index in [1.165, 1.54) is 13.2 Å². The summed E-state index contributed by atoms with van der Waals surface area (Å²) < 4.78 is 10.3. The van der Waals surface area contributed by atoms with E-state index in [2.05, 4.69) is 30.4 Å². The average molecular weight is 438 g/mol. The molecule has 0 spiro atoms. The van der Waals surface area contributed by atoms with E-state index < -0.39 is 4.92 Å². The summed E-state index contributed by atoms with van der Waals surface area (Å²) in [7, 11) is 2.96. The lowest BCUT2D eigenvalue weighted by Crippen LogP contribution is -1.96. The summed E-state index contributed by atoms with van der Waals surface area (Å²) in [5.74, 6) is 3.13. The number of hydrogen-bond donors (Lipinski definition) is 3. The van der Waals surface area contributed by atoms with Crippen molar-refractivity contribution in [3.63, 3.8) is 0 Å². The molecule has 4 N–H and O–H groups in total. The molecule has 0 unspecified atom stereocenters. The van der Waals surface area contributed by atoms with Gasteiger partial charge in [0.15, 0.2) is 17.4 Å². The van der Waals surface area contributed by atoms with Crippen molar-refractivity contribution < 1.29 is 14.4 Å². The highest BCUT2D eigenvalue weighted by Crippen LogP contribution is 2.36. The van der Waals surface area contributed by atoms with E-state index in [0.717, 1.165) is 11.4 Å². The molecular formula is C20H22N8O4. The molecule has 0 saturated carbocycles. The van der Waals surface area contributed by atoms with Crippen LogP contribution in [0.2, 0.25) is 0 Å². The van der Waals surface area contributed by atoms with E-state index in [9.17, 15) is 10.1 Å². The number of nitro groups is 1. The maximum absolute atomic E-state index is 10.8. The summed E-state index contributed by atoms with van der Waals surface area (Å²) in [6, 6.07) is 10.1. The largest absolute Gasteiger partial charge is 0.494 e. The Balaban J connectivity index is 0.000000182. The first-order chi connectivity index (χ1) is 15.3. The number of ether oxygens (including phenoxy) is 2. The van der Waals surface area contributed by atoms with Gasteiger partial charge in [-0.1, -0.05) is 12.1 Å². The van der Waals surface area contributed by atoms with Gasteiger partial charge in [-0.25, -0.2) is 9.97 Å². The number of methoxy groups -OCH3 is 2. The molecule has 2 aromatic carbocycles. The molecule has 2 heterocycles. The number of H-pyrrole nitrogens is 2. The third kappa shape index (κ3) is 4.64. The number of rotatable bonds is 5. The molecule has 32 heavy (non-hydrogen) atoms. The van der Waals surface area contributed by atoms with Gasteiger partial charge in [0.1, 0.15) is 11.6 Å². The molecule has 0 radical (unpaired) electrons. The summed E-state index contributed by atoms with van der Waals surface area (Å²) in [5, 5.41) is 24.3. The lowest BCUT2D eigenvalue weighted by atomic mass is 10.1. The van der Waals surface area contributed by atoms with Crippen LogP contribution in [0.4, 0.5) is 11.4 Å². The van der Waals surface area contributed by atoms with Gasteiger partial charge in [-0.05, 0) is 32.0 Å². The SMILES string of the molecule is COc1c(-c2n[nH]c(C)n2)cccc1[N+](=O)[O-].COc1c(N)cccc1-c1n[nH]c(C)n1. The molecule has 0 saturated heterocycles. The average Bonchev–Trinajstić information content (AvgIpc) is 3.41. The van der Waals surface area contributed by atoms with Gasteiger partial charge in [0.25, 0.3) is 0 Å². The van der Waals surface area contributed by atoms with Crippen LogP contribution in [0.25, 0.3) is 22.8 Å². The second-order valence-electron chi connectivity index (χ2n) is 6.53. The fourth-order valence-corrected chi connectivity index (χ4v) is 2.94. The number of nitro benzene ring substituents is 1. The molecule has 4 rings (SSSR count). The minimum Gasteiger partial charge on any atom is -0.494 e. The Morgan fingerprint density at radius 1 is 0.875 bits per heavy atom. The van der Waals surface area contributed by atoms with Gasteiger partial charge in [-0.15, -0.1) is 0 Å². The second kappa shape index (κ2) is 9.55. The predicted molar refractivity (Wildman–Crippen MR) is 117 cm³/mol. The van der Waals surface area contributed by atoms with E-state index >= 15 is 0 Å². The smallest absolute Gasteiger partial charge is 0.311 e. The molecule has 12 heteroatoms. The van der Waals surface area contributed by atoms with Crippen LogP contribution in [0.15, 0.2) is 36.4 Å². The summed E-state index contributed by atoms with van der Waals surface area (Å²) in [6.45, 7) is 3.59. The van der Waals surface area contributed by atoms with Crippen LogP contribution in [-0.4, -0.2) is 49.5 Å². The molecule has 0 aliphatic carbocycles. The highest BCUT2D eigenvalue weighted by atomic mass is 16.6. The van der Waals surface area contributed by atoms with E-state index in [1.54, 1.807) is 32.2 Å². The number of hydrogen-bond acceptors (Lipinski definition) is 9. The first-order valence-electron chi connectivity index (χ1n) is 9.38. The maximum atomic E-state index is 10.8. The normalized spacial score (nSPS) is 10.2. The monoisotopic (exact) mass is 438 g/mol. The molecule has 2 aromatic heterocycles. The maximum Gasteiger partial charge on any atom is 0.311 e. The van der Waals surface area contributed by atoms with Crippen LogP contribution in [0.3, 0.4) is 0 Å². The zero-order chi connectivity index (χ0) is 23.3. The van der Waals surface area contributed by atoms with Crippen LogP contribution in [-0.2, 0) is 0 Å². The third-order valence-electron chi connectivity index (χ3n) is 4.32. The van der Waals surface area contributed by atoms with Crippen molar-refractivity contribution in [1.29, 1.82) is 0 Å². The van der Waals surface area contributed by atoms with Gasteiger partial charge in [-0.3, -0.25) is 20.3 Å². The van der Waals surface area contributed by atoms with Gasteiger partial charge in [0.05, 0.1) is 36.0 Å². The first kappa shape index (κ1) is 22.2. The number of aromatic amines is 2. The fourth-order valence-electron chi connectivity index (χ4n) is 2.94. The zero-order valence-electron chi connectivity index (χ0n) is 17.9. The second-order valence-corrected chi connectivity index (χ2v) is 6.53. The number of nitrogen functional groups attached to an aromatic ring is 1. The van der Waals surface area contributed by atoms with Gasteiger partial charge in [-0.2, -0.15) is 10.2 Å². The number of anilines is 1. The highest BCUT2D eigenvalue weighted by Gasteiger charge is 2.21. The van der Waals surface area contributed by atoms with E-state index in [4.69, 9.17) is 15.2 Å². The summed E-state index contributed by atoms with van der Waals surface area (Å²) in [5.41, 5.74) is 7.55. The standard InChI is InChI=1S/C10H10N4O3.C10H12N4O/c1-6-11-10(13-12-6)7-4-3-5-8(14(15)16)9(7)17-2;1-6-12-10(14-13-6)7-4-3-5-8(11)9(7)15-2/h3-5H,1-2H3,(H,11,12,13);3-5H,11H2,1-2H3,(H,12,13,14). The van der Waals surface area contributed by atoms with Crippen molar-refractivity contribution in [3.05, 3.63) is 58.2 Å². The molecule has 12 nitrogen and oxygen atoms in total. The summed E-state index contributed by atoms with van der Waals surface area (Å²) in [4.78, 5) is 18.7. The topological polar surface area (TPSA) is 171 Å². The van der Waals surface area contributed by atoms with Crippen molar-refractivity contribution in [2.45, 2.75) is 13.8 Å². The molecule has 0 atom stereocenters. The van der Waals surface area contributed by atoms with Gasteiger partial charge in [0, 0.05) is 6.07 Å². The Morgan fingerprint density at radius 2 is 1.38 bits per heavy atom. The van der Waals surface area contributed by atoms with E-state index in [1.807, 2.05) is 19.1 Å². The Morgan fingerprint density at radius 3 is 1.81 bits per heavy atom. The number of nitrogens with two attached hydrogens (primary N) is 1. The predicted octanol–water partition coefficient (Wildman–Crippen LogP) is 3.07. The lowest BCUT2D eigenvalue weighted by Gasteiger charge is -2.07. The van der Waals surface area contributed by atoms with Crippen LogP contribution in [0.1, 0.15) is 11.6 Å². The van der Waals surface area contributed by atoms with Crippen molar-refractivity contribution >= 4 is 11.4 Å². The Hall–Kier alpha value is -4.48. The number of benzene rings is 2. The van der Waals surface area contributed by atoms with Crippen molar-refractivity contribution in [1.82, 2.24) is 30.4 Å². The molecule has 4 aromatic rings. The molecule has 0 bridgehead atoms. The van der Waals surface area contributed by atoms with Gasteiger partial charge in [0.2, 0.25) is 5.75 Å². The highest BCUT2D eigenvalue weighted by molar-refractivity contribution is 5.73. The molecule has 0 aliphatic heterocycles.